The fourth-order valence-corrected chi connectivity index (χ4v) is 5.19. The number of fused-ring (bicyclic) bond motifs is 1. The van der Waals surface area contributed by atoms with Crippen molar-refractivity contribution in [2.45, 2.75) is 51.5 Å². The highest BCUT2D eigenvalue weighted by molar-refractivity contribution is 5.94. The minimum atomic E-state index is -0.698. The van der Waals surface area contributed by atoms with E-state index in [9.17, 15) is 14.7 Å². The van der Waals surface area contributed by atoms with Gasteiger partial charge in [0.1, 0.15) is 12.4 Å². The predicted molar refractivity (Wildman–Crippen MR) is 148 cm³/mol. The number of hydrogen-bond donors (Lipinski definition) is 3. The molecule has 4 heterocycles. The van der Waals surface area contributed by atoms with Crippen molar-refractivity contribution >= 4 is 17.5 Å². The van der Waals surface area contributed by atoms with Crippen molar-refractivity contribution in [3.05, 3.63) is 71.7 Å². The van der Waals surface area contributed by atoms with E-state index in [0.717, 1.165) is 56.9 Å². The summed E-state index contributed by atoms with van der Waals surface area (Å²) >= 11 is 0. The Morgan fingerprint density at radius 3 is 2.75 bits per heavy atom. The number of amides is 2. The molecule has 11 heteroatoms. The van der Waals surface area contributed by atoms with Crippen LogP contribution in [0.25, 0.3) is 0 Å². The summed E-state index contributed by atoms with van der Waals surface area (Å²) in [5.74, 6) is 1.29. The smallest absolute Gasteiger partial charge is 0.253 e. The van der Waals surface area contributed by atoms with Gasteiger partial charge in [-0.25, -0.2) is 4.98 Å². The number of anilines is 1. The topological polar surface area (TPSA) is 133 Å². The Bertz CT molecular complexity index is 1290. The standard InChI is InChI=1S/C29H36N6O5/c1-20(36)35-8-5-24(6-9-35)33-25-10-23(12-30-13-25)29(38)32-14-26(37)17-34-7-4-21-11-27(3-2-22(21)16-34)39-18-28-15-31-19-40-28/h2-3,10-13,15,19,24,26,33,37H,4-9,14,16-18H2,1H3,(H,32,38)/t26-/m0/s1. The number of carbonyl (C=O) groups excluding carboxylic acids is 2. The summed E-state index contributed by atoms with van der Waals surface area (Å²) in [5.41, 5.74) is 3.65. The number of aliphatic hydroxyl groups excluding tert-OH is 1. The molecule has 1 saturated heterocycles. The first-order valence-electron chi connectivity index (χ1n) is 13.7. The van der Waals surface area contributed by atoms with E-state index in [1.54, 1.807) is 25.4 Å². The van der Waals surface area contributed by atoms with E-state index in [1.165, 1.54) is 23.7 Å². The molecular weight excluding hydrogens is 512 g/mol. The van der Waals surface area contributed by atoms with Gasteiger partial charge in [0.05, 0.1) is 23.6 Å². The van der Waals surface area contributed by atoms with Crippen LogP contribution in [0.1, 0.15) is 47.0 Å². The molecule has 2 amide bonds. The highest BCUT2D eigenvalue weighted by Gasteiger charge is 2.22. The van der Waals surface area contributed by atoms with E-state index in [1.807, 2.05) is 11.0 Å². The molecular formula is C29H36N6O5. The van der Waals surface area contributed by atoms with Crippen LogP contribution >= 0.6 is 0 Å². The highest BCUT2D eigenvalue weighted by atomic mass is 16.5. The minimum absolute atomic E-state index is 0.103. The molecule has 0 radical (unpaired) electrons. The zero-order chi connectivity index (χ0) is 27.9. The van der Waals surface area contributed by atoms with Crippen LogP contribution in [0.2, 0.25) is 0 Å². The number of rotatable bonds is 10. The van der Waals surface area contributed by atoms with Crippen molar-refractivity contribution in [3.63, 3.8) is 0 Å². The molecule has 2 aromatic heterocycles. The van der Waals surface area contributed by atoms with Crippen molar-refractivity contribution in [1.29, 1.82) is 0 Å². The summed E-state index contributed by atoms with van der Waals surface area (Å²) in [7, 11) is 0. The molecule has 0 spiro atoms. The molecule has 2 aliphatic rings. The molecule has 5 rings (SSSR count). The molecule has 0 aliphatic carbocycles. The summed E-state index contributed by atoms with van der Waals surface area (Å²) in [5, 5.41) is 16.9. The molecule has 40 heavy (non-hydrogen) atoms. The average Bonchev–Trinajstić information content (AvgIpc) is 3.49. The summed E-state index contributed by atoms with van der Waals surface area (Å²) in [6, 6.07) is 8.07. The molecule has 0 saturated carbocycles. The Kier molecular flexibility index (Phi) is 8.92. The maximum Gasteiger partial charge on any atom is 0.253 e. The van der Waals surface area contributed by atoms with Crippen molar-refractivity contribution in [2.75, 3.05) is 38.0 Å². The highest BCUT2D eigenvalue weighted by Crippen LogP contribution is 2.25. The van der Waals surface area contributed by atoms with Crippen LogP contribution in [0, 0.1) is 0 Å². The van der Waals surface area contributed by atoms with E-state index < -0.39 is 6.10 Å². The minimum Gasteiger partial charge on any atom is -0.486 e. The monoisotopic (exact) mass is 548 g/mol. The number of likely N-dealkylation sites (tertiary alicyclic amines) is 1. The van der Waals surface area contributed by atoms with Gasteiger partial charge >= 0.3 is 0 Å². The van der Waals surface area contributed by atoms with Crippen LogP contribution in [-0.2, 0) is 24.4 Å². The summed E-state index contributed by atoms with van der Waals surface area (Å²) < 4.78 is 11.0. The Labute approximate surface area is 233 Å². The lowest BCUT2D eigenvalue weighted by Crippen LogP contribution is -2.42. The van der Waals surface area contributed by atoms with Gasteiger partial charge in [0.15, 0.2) is 12.2 Å². The first-order chi connectivity index (χ1) is 19.4. The van der Waals surface area contributed by atoms with Gasteiger partial charge in [-0.1, -0.05) is 6.07 Å². The number of aromatic nitrogens is 2. The van der Waals surface area contributed by atoms with Gasteiger partial charge in [-0.05, 0) is 48.6 Å². The molecule has 212 valence electrons. The van der Waals surface area contributed by atoms with Crippen molar-refractivity contribution in [3.8, 4) is 5.75 Å². The number of pyridine rings is 1. The molecule has 1 atom stereocenters. The van der Waals surface area contributed by atoms with Gasteiger partial charge in [-0.2, -0.15) is 0 Å². The second-order valence-corrected chi connectivity index (χ2v) is 10.4. The summed E-state index contributed by atoms with van der Waals surface area (Å²) in [4.78, 5) is 36.4. The van der Waals surface area contributed by atoms with Gasteiger partial charge in [-0.15, -0.1) is 0 Å². The second-order valence-electron chi connectivity index (χ2n) is 10.4. The Balaban J connectivity index is 1.05. The van der Waals surface area contributed by atoms with Gasteiger partial charge in [-0.3, -0.25) is 19.5 Å². The second kappa shape index (κ2) is 12.9. The van der Waals surface area contributed by atoms with Gasteiger partial charge in [0.25, 0.3) is 5.91 Å². The SMILES string of the molecule is CC(=O)N1CCC(Nc2cncc(C(=O)NC[C@H](O)CN3CCc4cc(OCc5cnco5)ccc4C3)c2)CC1. The van der Waals surface area contributed by atoms with Crippen molar-refractivity contribution in [1.82, 2.24) is 25.1 Å². The largest absolute Gasteiger partial charge is 0.486 e. The molecule has 3 N–H and O–H groups in total. The molecule has 1 aromatic carbocycles. The van der Waals surface area contributed by atoms with Crippen LogP contribution in [-0.4, -0.2) is 81.6 Å². The van der Waals surface area contributed by atoms with E-state index >= 15 is 0 Å². The first-order valence-corrected chi connectivity index (χ1v) is 13.7. The number of ether oxygens (including phenoxy) is 1. The van der Waals surface area contributed by atoms with E-state index in [4.69, 9.17) is 9.15 Å². The molecule has 0 bridgehead atoms. The Morgan fingerprint density at radius 2 is 1.98 bits per heavy atom. The number of nitrogens with zero attached hydrogens (tertiary/aromatic N) is 4. The predicted octanol–water partition coefficient (Wildman–Crippen LogP) is 2.22. The maximum atomic E-state index is 12.8. The van der Waals surface area contributed by atoms with E-state index in [-0.39, 0.29) is 24.4 Å². The normalized spacial score (nSPS) is 16.7. The molecule has 1 fully saturated rings. The third kappa shape index (κ3) is 7.36. The average molecular weight is 549 g/mol. The number of nitrogens with one attached hydrogen (secondary N) is 2. The number of piperidine rings is 1. The molecule has 0 unspecified atom stereocenters. The maximum absolute atomic E-state index is 12.8. The number of aliphatic hydroxyl groups is 1. The molecule has 3 aromatic rings. The zero-order valence-electron chi connectivity index (χ0n) is 22.7. The lowest BCUT2D eigenvalue weighted by Gasteiger charge is -2.32. The third-order valence-electron chi connectivity index (χ3n) is 7.41. The Morgan fingerprint density at radius 1 is 1.12 bits per heavy atom. The zero-order valence-corrected chi connectivity index (χ0v) is 22.7. The van der Waals surface area contributed by atoms with Crippen molar-refractivity contribution in [2.24, 2.45) is 0 Å². The van der Waals surface area contributed by atoms with Gasteiger partial charge in [0, 0.05) is 64.6 Å². The first kappa shape index (κ1) is 27.6. The van der Waals surface area contributed by atoms with Crippen LogP contribution in [0.3, 0.4) is 0 Å². The van der Waals surface area contributed by atoms with Crippen LogP contribution in [0.5, 0.6) is 5.75 Å². The van der Waals surface area contributed by atoms with Crippen LogP contribution in [0.15, 0.2) is 53.7 Å². The lowest BCUT2D eigenvalue weighted by molar-refractivity contribution is -0.129. The summed E-state index contributed by atoms with van der Waals surface area (Å²) in [6.45, 7) is 5.53. The lowest BCUT2D eigenvalue weighted by atomic mass is 9.99. The van der Waals surface area contributed by atoms with Crippen molar-refractivity contribution < 1.29 is 23.8 Å². The van der Waals surface area contributed by atoms with Crippen LogP contribution in [0.4, 0.5) is 5.69 Å². The number of oxazole rings is 1. The number of β-amino-alcohol motifs (C(OH)–C–C–N with tert-alkyl or cyclic N) is 1. The molecule has 2 aliphatic heterocycles. The van der Waals surface area contributed by atoms with Gasteiger partial charge in [0.2, 0.25) is 5.91 Å². The number of carbonyl (C=O) groups is 2. The molecule has 11 nitrogen and oxygen atoms in total. The number of benzene rings is 1. The Hall–Kier alpha value is -3.96. The van der Waals surface area contributed by atoms with E-state index in [2.05, 4.69) is 37.6 Å². The summed E-state index contributed by atoms with van der Waals surface area (Å²) in [6.07, 6.45) is 8.10. The third-order valence-corrected chi connectivity index (χ3v) is 7.41. The van der Waals surface area contributed by atoms with Gasteiger partial charge < -0.3 is 29.8 Å². The quantitative estimate of drug-likeness (QED) is 0.349. The van der Waals surface area contributed by atoms with E-state index in [0.29, 0.717) is 24.5 Å². The van der Waals surface area contributed by atoms with Crippen LogP contribution < -0.4 is 15.4 Å². The fourth-order valence-electron chi connectivity index (χ4n) is 5.19. The number of hydrogen-bond acceptors (Lipinski definition) is 9. The fraction of sp³-hybridized carbons (Fsp3) is 0.448.